The Kier molecular flexibility index (Phi) is 4.73. The molecular weight excluding hydrogens is 262 g/mol. The van der Waals surface area contributed by atoms with Crippen LogP contribution in [0.4, 0.5) is 0 Å². The molecule has 0 aliphatic rings. The Hall–Kier alpha value is -2.16. The summed E-state index contributed by atoms with van der Waals surface area (Å²) in [6.07, 6.45) is 1.02. The van der Waals surface area contributed by atoms with Crippen LogP contribution in [0.25, 0.3) is 11.3 Å². The Balaban J connectivity index is 2.41. The van der Waals surface area contributed by atoms with Gasteiger partial charge in [0.1, 0.15) is 0 Å². The lowest BCUT2D eigenvalue weighted by molar-refractivity contribution is 0.0525. The van der Waals surface area contributed by atoms with Gasteiger partial charge in [-0.15, -0.1) is 0 Å². The van der Waals surface area contributed by atoms with Crippen molar-refractivity contribution >= 4 is 5.97 Å². The first-order valence-electron chi connectivity index (χ1n) is 7.31. The molecule has 3 heteroatoms. The van der Waals surface area contributed by atoms with Crippen LogP contribution >= 0.6 is 0 Å². The van der Waals surface area contributed by atoms with Gasteiger partial charge in [0, 0.05) is 5.56 Å². The van der Waals surface area contributed by atoms with E-state index in [1.165, 1.54) is 5.56 Å². The summed E-state index contributed by atoms with van der Waals surface area (Å²) in [5.74, 6) is -0.307. The lowest BCUT2D eigenvalue weighted by Gasteiger charge is -2.11. The van der Waals surface area contributed by atoms with E-state index in [1.807, 2.05) is 19.9 Å². The molecule has 1 aromatic carbocycles. The molecule has 3 nitrogen and oxygen atoms in total. The summed E-state index contributed by atoms with van der Waals surface area (Å²) >= 11 is 0. The molecule has 0 saturated heterocycles. The van der Waals surface area contributed by atoms with Crippen molar-refractivity contribution in [3.05, 3.63) is 52.7 Å². The van der Waals surface area contributed by atoms with Gasteiger partial charge in [0.25, 0.3) is 0 Å². The molecule has 0 aliphatic heterocycles. The molecular formula is C18H21NO2. The number of aromatic nitrogens is 1. The van der Waals surface area contributed by atoms with Crippen LogP contribution in [0.5, 0.6) is 0 Å². The molecule has 0 saturated carbocycles. The van der Waals surface area contributed by atoms with Gasteiger partial charge in [-0.3, -0.25) is 4.98 Å². The Morgan fingerprint density at radius 2 is 1.81 bits per heavy atom. The van der Waals surface area contributed by atoms with Crippen LogP contribution in [0.2, 0.25) is 0 Å². The summed E-state index contributed by atoms with van der Waals surface area (Å²) in [4.78, 5) is 16.5. The fraction of sp³-hybridized carbons (Fsp3) is 0.333. The zero-order valence-corrected chi connectivity index (χ0v) is 13.1. The number of benzene rings is 1. The molecule has 2 rings (SSSR count). The first-order chi connectivity index (χ1) is 10.1. The van der Waals surface area contributed by atoms with Crippen molar-refractivity contribution in [2.45, 2.75) is 34.1 Å². The average molecular weight is 283 g/mol. The monoisotopic (exact) mass is 283 g/mol. The number of nitrogens with zero attached hydrogens (tertiary/aromatic N) is 1. The largest absolute Gasteiger partial charge is 0.462 e. The van der Waals surface area contributed by atoms with E-state index in [2.05, 4.69) is 36.2 Å². The highest BCUT2D eigenvalue weighted by Gasteiger charge is 2.14. The van der Waals surface area contributed by atoms with Crippen molar-refractivity contribution in [2.75, 3.05) is 6.61 Å². The summed E-state index contributed by atoms with van der Waals surface area (Å²) in [6, 6.07) is 10.3. The van der Waals surface area contributed by atoms with E-state index in [0.29, 0.717) is 17.9 Å². The molecule has 0 bridgehead atoms. The first kappa shape index (κ1) is 15.2. The van der Waals surface area contributed by atoms with Gasteiger partial charge >= 0.3 is 5.97 Å². The van der Waals surface area contributed by atoms with Gasteiger partial charge in [0.2, 0.25) is 0 Å². The maximum Gasteiger partial charge on any atom is 0.339 e. The highest BCUT2D eigenvalue weighted by atomic mass is 16.5. The van der Waals surface area contributed by atoms with Crippen LogP contribution in [0, 0.1) is 13.8 Å². The number of carbonyl (C=O) groups excluding carboxylic acids is 1. The van der Waals surface area contributed by atoms with Crippen molar-refractivity contribution in [1.29, 1.82) is 0 Å². The second-order valence-corrected chi connectivity index (χ2v) is 5.06. The number of pyridine rings is 1. The number of ether oxygens (including phenoxy) is 1. The van der Waals surface area contributed by atoms with Gasteiger partial charge in [-0.25, -0.2) is 4.79 Å². The Bertz CT molecular complexity index is 645. The third-order valence-electron chi connectivity index (χ3n) is 3.53. The Labute approximate surface area is 126 Å². The third kappa shape index (κ3) is 3.30. The number of aryl methyl sites for hydroxylation is 3. The lowest BCUT2D eigenvalue weighted by Crippen LogP contribution is -2.09. The SMILES string of the molecule is CCOC(=O)c1cc(C)c(-c2ccc(CC)cc2)nc1C. The molecule has 110 valence electrons. The molecule has 1 aromatic heterocycles. The molecule has 1 heterocycles. The van der Waals surface area contributed by atoms with Gasteiger partial charge in [-0.1, -0.05) is 31.2 Å². The van der Waals surface area contributed by atoms with Crippen molar-refractivity contribution in [2.24, 2.45) is 0 Å². The van der Waals surface area contributed by atoms with Gasteiger partial charge in [-0.05, 0) is 44.4 Å². The van der Waals surface area contributed by atoms with Gasteiger partial charge < -0.3 is 4.74 Å². The van der Waals surface area contributed by atoms with Crippen LogP contribution in [-0.2, 0) is 11.2 Å². The summed E-state index contributed by atoms with van der Waals surface area (Å²) < 4.78 is 5.06. The Morgan fingerprint density at radius 1 is 1.14 bits per heavy atom. The average Bonchev–Trinajstić information content (AvgIpc) is 2.49. The van der Waals surface area contributed by atoms with Gasteiger partial charge in [0.05, 0.1) is 23.6 Å². The number of carbonyl (C=O) groups is 1. The second-order valence-electron chi connectivity index (χ2n) is 5.06. The molecule has 21 heavy (non-hydrogen) atoms. The molecule has 2 aromatic rings. The van der Waals surface area contributed by atoms with E-state index in [0.717, 1.165) is 23.2 Å². The van der Waals surface area contributed by atoms with E-state index in [4.69, 9.17) is 4.74 Å². The van der Waals surface area contributed by atoms with E-state index in [9.17, 15) is 4.79 Å². The fourth-order valence-corrected chi connectivity index (χ4v) is 2.31. The molecule has 0 unspecified atom stereocenters. The van der Waals surface area contributed by atoms with E-state index in [-0.39, 0.29) is 5.97 Å². The molecule has 0 fully saturated rings. The van der Waals surface area contributed by atoms with Crippen molar-refractivity contribution < 1.29 is 9.53 Å². The van der Waals surface area contributed by atoms with Crippen molar-refractivity contribution in [1.82, 2.24) is 4.98 Å². The molecule has 0 aliphatic carbocycles. The molecule has 0 spiro atoms. The Morgan fingerprint density at radius 3 is 2.38 bits per heavy atom. The highest BCUT2D eigenvalue weighted by molar-refractivity contribution is 5.91. The predicted octanol–water partition coefficient (Wildman–Crippen LogP) is 4.10. The van der Waals surface area contributed by atoms with E-state index in [1.54, 1.807) is 6.92 Å². The van der Waals surface area contributed by atoms with Crippen LogP contribution < -0.4 is 0 Å². The smallest absolute Gasteiger partial charge is 0.339 e. The summed E-state index contributed by atoms with van der Waals surface area (Å²) in [5.41, 5.74) is 5.52. The normalized spacial score (nSPS) is 10.5. The summed E-state index contributed by atoms with van der Waals surface area (Å²) in [6.45, 7) is 8.12. The van der Waals surface area contributed by atoms with Crippen LogP contribution in [-0.4, -0.2) is 17.6 Å². The third-order valence-corrected chi connectivity index (χ3v) is 3.53. The van der Waals surface area contributed by atoms with Crippen LogP contribution in [0.1, 0.15) is 41.0 Å². The lowest BCUT2D eigenvalue weighted by atomic mass is 10.0. The zero-order chi connectivity index (χ0) is 15.4. The van der Waals surface area contributed by atoms with E-state index < -0.39 is 0 Å². The number of esters is 1. The van der Waals surface area contributed by atoms with E-state index >= 15 is 0 Å². The highest BCUT2D eigenvalue weighted by Crippen LogP contribution is 2.24. The van der Waals surface area contributed by atoms with Crippen molar-refractivity contribution in [3.8, 4) is 11.3 Å². The molecule has 0 radical (unpaired) electrons. The van der Waals surface area contributed by atoms with Crippen LogP contribution in [0.15, 0.2) is 30.3 Å². The second kappa shape index (κ2) is 6.53. The summed E-state index contributed by atoms with van der Waals surface area (Å²) in [5, 5.41) is 0. The topological polar surface area (TPSA) is 39.2 Å². The minimum atomic E-state index is -0.307. The molecule has 0 N–H and O–H groups in total. The number of rotatable bonds is 4. The minimum absolute atomic E-state index is 0.307. The zero-order valence-electron chi connectivity index (χ0n) is 13.1. The number of hydrogen-bond donors (Lipinski definition) is 0. The maximum atomic E-state index is 11.9. The molecule has 0 amide bonds. The van der Waals surface area contributed by atoms with Crippen molar-refractivity contribution in [3.63, 3.8) is 0 Å². The van der Waals surface area contributed by atoms with Crippen LogP contribution in [0.3, 0.4) is 0 Å². The van der Waals surface area contributed by atoms with Gasteiger partial charge in [-0.2, -0.15) is 0 Å². The standard InChI is InChI=1S/C18H21NO2/c1-5-14-7-9-15(10-8-14)17-12(3)11-16(13(4)19-17)18(20)21-6-2/h7-11H,5-6H2,1-4H3. The first-order valence-corrected chi connectivity index (χ1v) is 7.31. The minimum Gasteiger partial charge on any atom is -0.462 e. The quantitative estimate of drug-likeness (QED) is 0.793. The summed E-state index contributed by atoms with van der Waals surface area (Å²) in [7, 11) is 0. The predicted molar refractivity (Wildman–Crippen MR) is 84.5 cm³/mol. The maximum absolute atomic E-state index is 11.9. The fourth-order valence-electron chi connectivity index (χ4n) is 2.31. The molecule has 0 atom stereocenters. The van der Waals surface area contributed by atoms with Gasteiger partial charge in [0.15, 0.2) is 0 Å². The number of hydrogen-bond acceptors (Lipinski definition) is 3.